The van der Waals surface area contributed by atoms with Gasteiger partial charge >= 0.3 is 0 Å². The summed E-state index contributed by atoms with van der Waals surface area (Å²) in [6, 6.07) is 7.27. The van der Waals surface area contributed by atoms with Gasteiger partial charge in [-0.3, -0.25) is 14.6 Å². The van der Waals surface area contributed by atoms with Crippen LogP contribution in [0.2, 0.25) is 0 Å². The predicted octanol–water partition coefficient (Wildman–Crippen LogP) is 4.43. The topological polar surface area (TPSA) is 82.6 Å². The number of aromatic nitrogens is 1. The lowest BCUT2D eigenvalue weighted by Gasteiger charge is -2.28. The Morgan fingerprint density at radius 1 is 1.03 bits per heavy atom. The molecule has 0 spiro atoms. The molecule has 3 aromatic rings. The van der Waals surface area contributed by atoms with Gasteiger partial charge in [0, 0.05) is 31.7 Å². The summed E-state index contributed by atoms with van der Waals surface area (Å²) in [5, 5.41) is 0.623. The van der Waals surface area contributed by atoms with Crippen molar-refractivity contribution in [3.63, 3.8) is 0 Å². The van der Waals surface area contributed by atoms with Gasteiger partial charge in [-0.25, -0.2) is 4.98 Å². The number of methoxy groups -OCH3 is 4. The third-order valence-corrected chi connectivity index (χ3v) is 7.47. The van der Waals surface area contributed by atoms with Gasteiger partial charge < -0.3 is 23.7 Å². The van der Waals surface area contributed by atoms with Crippen molar-refractivity contribution in [1.82, 2.24) is 9.88 Å². The van der Waals surface area contributed by atoms with E-state index in [0.717, 1.165) is 55.0 Å². The minimum absolute atomic E-state index is 0. The van der Waals surface area contributed by atoms with E-state index >= 15 is 0 Å². The molecule has 1 aliphatic rings. The highest BCUT2D eigenvalue weighted by molar-refractivity contribution is 7.22. The third-order valence-electron chi connectivity index (χ3n) is 6.26. The molecule has 0 saturated carbocycles. The van der Waals surface area contributed by atoms with Crippen LogP contribution >= 0.6 is 23.7 Å². The number of fused-ring (bicyclic) bond motifs is 1. The maximum atomic E-state index is 14.0. The number of benzene rings is 2. The summed E-state index contributed by atoms with van der Waals surface area (Å²) in [5.41, 5.74) is 2.27. The largest absolute Gasteiger partial charge is 0.494 e. The first-order valence-electron chi connectivity index (χ1n) is 11.9. The van der Waals surface area contributed by atoms with Crippen LogP contribution in [0.5, 0.6) is 23.0 Å². The second kappa shape index (κ2) is 13.1. The lowest BCUT2D eigenvalue weighted by atomic mass is 10.1. The monoisotopic (exact) mass is 551 g/mol. The minimum atomic E-state index is -0.188. The van der Waals surface area contributed by atoms with E-state index in [1.807, 2.05) is 19.1 Å². The molecule has 2 aromatic carbocycles. The molecule has 1 saturated heterocycles. The number of ether oxygens (including phenoxy) is 5. The van der Waals surface area contributed by atoms with Crippen molar-refractivity contribution < 1.29 is 28.5 Å². The average Bonchev–Trinajstić information content (AvgIpc) is 3.36. The van der Waals surface area contributed by atoms with E-state index < -0.39 is 0 Å². The fourth-order valence-corrected chi connectivity index (χ4v) is 5.38. The van der Waals surface area contributed by atoms with Crippen LogP contribution in [-0.4, -0.2) is 83.6 Å². The van der Waals surface area contributed by atoms with E-state index in [2.05, 4.69) is 4.90 Å². The average molecular weight is 552 g/mol. The Labute approximate surface area is 227 Å². The molecule has 1 fully saturated rings. The van der Waals surface area contributed by atoms with Crippen LogP contribution in [0.3, 0.4) is 0 Å². The molecular formula is C26H34ClN3O6S. The Balaban J connectivity index is 0.00000380. The van der Waals surface area contributed by atoms with Crippen LogP contribution in [0.25, 0.3) is 10.2 Å². The molecule has 37 heavy (non-hydrogen) atoms. The third kappa shape index (κ3) is 6.20. The van der Waals surface area contributed by atoms with Crippen molar-refractivity contribution in [1.29, 1.82) is 0 Å². The van der Waals surface area contributed by atoms with E-state index in [1.165, 1.54) is 32.7 Å². The molecular weight excluding hydrogens is 518 g/mol. The number of amides is 1. The number of aryl methyl sites for hydroxylation is 1. The standard InChI is InChI=1S/C26H33N3O6S.ClH/c1-17-7-8-19(31-2)22-24(17)36-26(27-22)29(10-6-9-28-11-13-35-14-12-28)25(30)18-15-20(32-3)23(34-5)21(16-18)33-4;/h7-8,15-16H,6,9-14H2,1-5H3;1H. The summed E-state index contributed by atoms with van der Waals surface area (Å²) >= 11 is 1.49. The Kier molecular flexibility index (Phi) is 10.2. The summed E-state index contributed by atoms with van der Waals surface area (Å²) in [5.74, 6) is 1.79. The van der Waals surface area contributed by atoms with Crippen LogP contribution < -0.4 is 23.8 Å². The quantitative estimate of drug-likeness (QED) is 0.366. The van der Waals surface area contributed by atoms with Crippen molar-refractivity contribution in [2.45, 2.75) is 13.3 Å². The Hall–Kier alpha value is -2.79. The number of morpholine rings is 1. The highest BCUT2D eigenvalue weighted by Gasteiger charge is 2.26. The van der Waals surface area contributed by atoms with Crippen molar-refractivity contribution in [2.75, 3.05) is 72.7 Å². The van der Waals surface area contributed by atoms with Gasteiger partial charge in [-0.1, -0.05) is 17.4 Å². The summed E-state index contributed by atoms with van der Waals surface area (Å²) in [6.45, 7) is 6.70. The minimum Gasteiger partial charge on any atom is -0.494 e. The Morgan fingerprint density at radius 3 is 2.27 bits per heavy atom. The van der Waals surface area contributed by atoms with E-state index in [-0.39, 0.29) is 18.3 Å². The molecule has 0 radical (unpaired) electrons. The normalized spacial score (nSPS) is 13.6. The smallest absolute Gasteiger partial charge is 0.260 e. The van der Waals surface area contributed by atoms with Crippen molar-refractivity contribution >= 4 is 45.0 Å². The number of hydrogen-bond acceptors (Lipinski definition) is 9. The van der Waals surface area contributed by atoms with Crippen LogP contribution in [0.4, 0.5) is 5.13 Å². The van der Waals surface area contributed by atoms with Crippen LogP contribution in [-0.2, 0) is 4.74 Å². The van der Waals surface area contributed by atoms with Gasteiger partial charge in [0.05, 0.1) is 46.4 Å². The van der Waals surface area contributed by atoms with Crippen molar-refractivity contribution in [3.8, 4) is 23.0 Å². The number of carbonyl (C=O) groups excluding carboxylic acids is 1. The second-order valence-corrected chi connectivity index (χ2v) is 9.41. The van der Waals surface area contributed by atoms with Gasteiger partial charge in [-0.15, -0.1) is 12.4 Å². The molecule has 11 heteroatoms. The van der Waals surface area contributed by atoms with Crippen LogP contribution in [0.1, 0.15) is 22.3 Å². The van der Waals surface area contributed by atoms with E-state index in [9.17, 15) is 4.79 Å². The second-order valence-electron chi connectivity index (χ2n) is 8.44. The van der Waals surface area contributed by atoms with Gasteiger partial charge in [0.15, 0.2) is 16.6 Å². The number of rotatable bonds is 10. The molecule has 0 bridgehead atoms. The van der Waals surface area contributed by atoms with Gasteiger partial charge in [-0.2, -0.15) is 0 Å². The highest BCUT2D eigenvalue weighted by Crippen LogP contribution is 2.40. The summed E-state index contributed by atoms with van der Waals surface area (Å²) in [4.78, 5) is 22.9. The number of anilines is 1. The van der Waals surface area contributed by atoms with Crippen molar-refractivity contribution in [2.24, 2.45) is 0 Å². The first kappa shape index (κ1) is 28.8. The number of hydrogen-bond donors (Lipinski definition) is 0. The number of carbonyl (C=O) groups is 1. The number of halogens is 1. The van der Waals surface area contributed by atoms with Gasteiger partial charge in [-0.05, 0) is 37.1 Å². The molecule has 2 heterocycles. The first-order chi connectivity index (χ1) is 17.5. The van der Waals surface area contributed by atoms with Gasteiger partial charge in [0.25, 0.3) is 5.91 Å². The maximum Gasteiger partial charge on any atom is 0.260 e. The SMILES string of the molecule is COc1cc(C(=O)N(CCCN2CCOCC2)c2nc3c(OC)ccc(C)c3s2)cc(OC)c1OC.Cl. The zero-order valence-electron chi connectivity index (χ0n) is 21.9. The molecule has 202 valence electrons. The van der Waals surface area contributed by atoms with E-state index in [4.69, 9.17) is 28.7 Å². The first-order valence-corrected chi connectivity index (χ1v) is 12.7. The zero-order valence-corrected chi connectivity index (χ0v) is 23.5. The van der Waals surface area contributed by atoms with Crippen LogP contribution in [0, 0.1) is 6.92 Å². The molecule has 1 amide bonds. The molecule has 0 aliphatic carbocycles. The van der Waals surface area contributed by atoms with Gasteiger partial charge in [0.1, 0.15) is 11.3 Å². The molecule has 9 nitrogen and oxygen atoms in total. The predicted molar refractivity (Wildman–Crippen MR) is 148 cm³/mol. The Bertz CT molecular complexity index is 1190. The molecule has 0 atom stereocenters. The highest BCUT2D eigenvalue weighted by atomic mass is 35.5. The fraction of sp³-hybridized carbons (Fsp3) is 0.462. The molecule has 0 unspecified atom stereocenters. The number of thiazole rings is 1. The maximum absolute atomic E-state index is 14.0. The molecule has 1 aromatic heterocycles. The van der Waals surface area contributed by atoms with Crippen molar-refractivity contribution in [3.05, 3.63) is 35.4 Å². The lowest BCUT2D eigenvalue weighted by Crippen LogP contribution is -2.39. The summed E-state index contributed by atoms with van der Waals surface area (Å²) in [7, 11) is 6.24. The van der Waals surface area contributed by atoms with E-state index in [1.54, 1.807) is 24.1 Å². The number of nitrogens with zero attached hydrogens (tertiary/aromatic N) is 3. The van der Waals surface area contributed by atoms with E-state index in [0.29, 0.717) is 40.2 Å². The fourth-order valence-electron chi connectivity index (χ4n) is 4.30. The molecule has 0 N–H and O–H groups in total. The molecule has 1 aliphatic heterocycles. The van der Waals surface area contributed by atoms with Gasteiger partial charge in [0.2, 0.25) is 5.75 Å². The molecule has 4 rings (SSSR count). The van der Waals surface area contributed by atoms with Crippen LogP contribution in [0.15, 0.2) is 24.3 Å². The lowest BCUT2D eigenvalue weighted by molar-refractivity contribution is 0.0376. The summed E-state index contributed by atoms with van der Waals surface area (Å²) in [6.07, 6.45) is 0.794. The Morgan fingerprint density at radius 2 is 1.68 bits per heavy atom. The zero-order chi connectivity index (χ0) is 25.7. The summed E-state index contributed by atoms with van der Waals surface area (Å²) < 4.78 is 28.4.